The van der Waals surface area contributed by atoms with Crippen molar-refractivity contribution in [1.29, 1.82) is 0 Å². The van der Waals surface area contributed by atoms with Crippen molar-refractivity contribution >= 4 is 15.9 Å². The first-order valence-electron chi connectivity index (χ1n) is 7.58. The Bertz CT molecular complexity index is 445. The molecule has 1 aromatic rings. The number of rotatable bonds is 5. The highest BCUT2D eigenvalue weighted by atomic mass is 79.9. The Morgan fingerprint density at radius 2 is 2.32 bits per heavy atom. The van der Waals surface area contributed by atoms with Gasteiger partial charge in [-0.3, -0.25) is 4.68 Å². The van der Waals surface area contributed by atoms with Gasteiger partial charge in [0.1, 0.15) is 0 Å². The zero-order chi connectivity index (χ0) is 13.4. The molecule has 0 amide bonds. The molecule has 2 aliphatic carbocycles. The van der Waals surface area contributed by atoms with Crippen LogP contribution in [0, 0.1) is 17.8 Å². The molecule has 0 saturated heterocycles. The summed E-state index contributed by atoms with van der Waals surface area (Å²) in [6.45, 7) is 3.02. The predicted octanol–water partition coefficient (Wildman–Crippen LogP) is 3.92. The summed E-state index contributed by atoms with van der Waals surface area (Å²) in [5.74, 6) is 2.55. The molecule has 0 aromatic carbocycles. The van der Waals surface area contributed by atoms with Crippen LogP contribution in [-0.4, -0.2) is 14.9 Å². The number of nitrogens with zero attached hydrogens (tertiary/aromatic N) is 2. The van der Waals surface area contributed by atoms with Crippen molar-refractivity contribution < 1.29 is 5.11 Å². The van der Waals surface area contributed by atoms with Crippen molar-refractivity contribution in [3.05, 3.63) is 16.4 Å². The average Bonchev–Trinajstić information content (AvgIpc) is 3.05. The van der Waals surface area contributed by atoms with Crippen LogP contribution in [0.25, 0.3) is 0 Å². The summed E-state index contributed by atoms with van der Waals surface area (Å²) in [7, 11) is 0. The number of hydrogen-bond donors (Lipinski definition) is 1. The van der Waals surface area contributed by atoms with Crippen LogP contribution in [0.15, 0.2) is 10.7 Å². The van der Waals surface area contributed by atoms with E-state index in [4.69, 9.17) is 0 Å². The van der Waals surface area contributed by atoms with Crippen molar-refractivity contribution in [3.8, 4) is 0 Å². The second-order valence-corrected chi connectivity index (χ2v) is 7.14. The fraction of sp³-hybridized carbons (Fsp3) is 0.800. The molecule has 2 fully saturated rings. The largest absolute Gasteiger partial charge is 0.387 e. The molecule has 1 aromatic heterocycles. The fourth-order valence-electron chi connectivity index (χ4n) is 4.16. The molecule has 2 aliphatic rings. The Balaban J connectivity index is 1.70. The maximum absolute atomic E-state index is 10.6. The van der Waals surface area contributed by atoms with E-state index in [2.05, 4.69) is 28.0 Å². The van der Waals surface area contributed by atoms with Gasteiger partial charge in [0.05, 0.1) is 22.5 Å². The van der Waals surface area contributed by atoms with E-state index < -0.39 is 0 Å². The summed E-state index contributed by atoms with van der Waals surface area (Å²) in [6, 6.07) is 0. The maximum Gasteiger partial charge on any atom is 0.0970 e. The molecular weight excluding hydrogens is 304 g/mol. The van der Waals surface area contributed by atoms with Crippen LogP contribution in [0.2, 0.25) is 0 Å². The quantitative estimate of drug-likeness (QED) is 0.890. The van der Waals surface area contributed by atoms with Crippen molar-refractivity contribution in [2.24, 2.45) is 17.8 Å². The number of aliphatic hydroxyl groups excluding tert-OH is 1. The van der Waals surface area contributed by atoms with E-state index in [0.717, 1.165) is 47.3 Å². The van der Waals surface area contributed by atoms with Crippen molar-refractivity contribution in [2.45, 2.75) is 58.1 Å². The van der Waals surface area contributed by atoms with E-state index in [1.165, 1.54) is 25.7 Å². The molecule has 0 aliphatic heterocycles. The molecule has 4 unspecified atom stereocenters. The molecule has 0 spiro atoms. The van der Waals surface area contributed by atoms with Gasteiger partial charge in [-0.25, -0.2) is 0 Å². The lowest BCUT2D eigenvalue weighted by atomic mass is 9.84. The van der Waals surface area contributed by atoms with Crippen molar-refractivity contribution in [1.82, 2.24) is 9.78 Å². The molecule has 19 heavy (non-hydrogen) atoms. The van der Waals surface area contributed by atoms with Gasteiger partial charge in [0.15, 0.2) is 0 Å². The number of aryl methyl sites for hydroxylation is 1. The molecule has 106 valence electrons. The van der Waals surface area contributed by atoms with Crippen LogP contribution >= 0.6 is 15.9 Å². The molecule has 2 bridgehead atoms. The first-order valence-corrected chi connectivity index (χ1v) is 8.37. The lowest BCUT2D eigenvalue weighted by Crippen LogP contribution is -2.17. The highest BCUT2D eigenvalue weighted by Gasteiger charge is 2.40. The van der Waals surface area contributed by atoms with Gasteiger partial charge in [0, 0.05) is 6.54 Å². The Hall–Kier alpha value is -0.350. The molecule has 3 nitrogen and oxygen atoms in total. The number of hydrogen-bond acceptors (Lipinski definition) is 2. The smallest absolute Gasteiger partial charge is 0.0970 e. The molecule has 4 atom stereocenters. The summed E-state index contributed by atoms with van der Waals surface area (Å²) in [6.07, 6.45) is 8.96. The zero-order valence-electron chi connectivity index (χ0n) is 11.6. The van der Waals surface area contributed by atoms with Gasteiger partial charge in [-0.05, 0) is 65.8 Å². The third kappa shape index (κ3) is 2.62. The van der Waals surface area contributed by atoms with E-state index in [1.807, 2.05) is 10.9 Å². The van der Waals surface area contributed by atoms with Crippen molar-refractivity contribution in [3.63, 3.8) is 0 Å². The Morgan fingerprint density at radius 3 is 2.95 bits per heavy atom. The molecule has 0 radical (unpaired) electrons. The summed E-state index contributed by atoms with van der Waals surface area (Å²) in [5, 5.41) is 15.0. The molecule has 1 heterocycles. The summed E-state index contributed by atoms with van der Waals surface area (Å²) in [4.78, 5) is 0. The zero-order valence-corrected chi connectivity index (χ0v) is 13.1. The van der Waals surface area contributed by atoms with E-state index in [9.17, 15) is 5.11 Å². The number of aromatic nitrogens is 2. The van der Waals surface area contributed by atoms with E-state index in [1.54, 1.807) is 0 Å². The van der Waals surface area contributed by atoms with Crippen LogP contribution < -0.4 is 0 Å². The predicted molar refractivity (Wildman–Crippen MR) is 78.7 cm³/mol. The first kappa shape index (κ1) is 13.6. The maximum atomic E-state index is 10.6. The summed E-state index contributed by atoms with van der Waals surface area (Å²) in [5.41, 5.74) is 0.977. The fourth-order valence-corrected chi connectivity index (χ4v) is 4.72. The Morgan fingerprint density at radius 1 is 1.47 bits per heavy atom. The van der Waals surface area contributed by atoms with Gasteiger partial charge in [-0.1, -0.05) is 13.3 Å². The second kappa shape index (κ2) is 5.57. The number of aliphatic hydroxyl groups is 1. The topological polar surface area (TPSA) is 38.0 Å². The number of halogens is 1. The van der Waals surface area contributed by atoms with Gasteiger partial charge in [-0.2, -0.15) is 5.10 Å². The SMILES string of the molecule is CCCn1ncc(Br)c1C(O)CC1CC2CCC1C2. The minimum absolute atomic E-state index is 0.368. The van der Waals surface area contributed by atoms with E-state index in [-0.39, 0.29) is 6.10 Å². The standard InChI is InChI=1S/C15H23BrN2O/c1-2-5-18-15(13(16)9-17-18)14(19)8-12-7-10-3-4-11(12)6-10/h9-12,14,19H,2-8H2,1H3. The minimum Gasteiger partial charge on any atom is -0.387 e. The molecule has 2 saturated carbocycles. The summed E-state index contributed by atoms with van der Waals surface area (Å²) < 4.78 is 2.92. The number of fused-ring (bicyclic) bond motifs is 2. The Kier molecular flexibility index (Phi) is 3.99. The lowest BCUT2D eigenvalue weighted by molar-refractivity contribution is 0.116. The summed E-state index contributed by atoms with van der Waals surface area (Å²) >= 11 is 3.53. The monoisotopic (exact) mass is 326 g/mol. The minimum atomic E-state index is -0.368. The van der Waals surface area contributed by atoms with Crippen LogP contribution in [0.4, 0.5) is 0 Å². The molecule has 4 heteroatoms. The molecular formula is C15H23BrN2O. The highest BCUT2D eigenvalue weighted by Crippen LogP contribution is 2.51. The van der Waals surface area contributed by atoms with Gasteiger partial charge < -0.3 is 5.11 Å². The van der Waals surface area contributed by atoms with Gasteiger partial charge in [-0.15, -0.1) is 0 Å². The first-order chi connectivity index (χ1) is 9.19. The van der Waals surface area contributed by atoms with Crippen LogP contribution in [0.5, 0.6) is 0 Å². The van der Waals surface area contributed by atoms with Crippen LogP contribution in [0.1, 0.15) is 57.2 Å². The van der Waals surface area contributed by atoms with Gasteiger partial charge in [0.2, 0.25) is 0 Å². The van der Waals surface area contributed by atoms with E-state index >= 15 is 0 Å². The lowest BCUT2D eigenvalue weighted by Gasteiger charge is -2.24. The second-order valence-electron chi connectivity index (χ2n) is 6.29. The average molecular weight is 327 g/mol. The molecule has 3 rings (SSSR count). The van der Waals surface area contributed by atoms with Gasteiger partial charge >= 0.3 is 0 Å². The van der Waals surface area contributed by atoms with Gasteiger partial charge in [0.25, 0.3) is 0 Å². The normalized spacial score (nSPS) is 31.0. The van der Waals surface area contributed by atoms with Crippen LogP contribution in [0.3, 0.4) is 0 Å². The molecule has 1 N–H and O–H groups in total. The third-order valence-corrected chi connectivity index (χ3v) is 5.61. The van der Waals surface area contributed by atoms with E-state index in [0.29, 0.717) is 0 Å². The third-order valence-electron chi connectivity index (χ3n) is 4.99. The highest BCUT2D eigenvalue weighted by molar-refractivity contribution is 9.10. The van der Waals surface area contributed by atoms with Crippen LogP contribution in [-0.2, 0) is 6.54 Å². The van der Waals surface area contributed by atoms with Crippen molar-refractivity contribution in [2.75, 3.05) is 0 Å². The Labute approximate surface area is 123 Å².